The zero-order valence-corrected chi connectivity index (χ0v) is 28.2. The number of alkyl halides is 3. The smallest absolute Gasteiger partial charge is 0.325 e. The maximum atomic E-state index is 14.2. The van der Waals surface area contributed by atoms with Gasteiger partial charge in [-0.2, -0.15) is 13.2 Å². The number of anilines is 2. The fourth-order valence-corrected chi connectivity index (χ4v) is 9.34. The number of hydrogen-bond acceptors (Lipinski definition) is 6. The minimum atomic E-state index is -4.81. The molecule has 5 aromatic rings. The number of rotatable bonds is 5. The molecule has 1 saturated heterocycles. The molecule has 7 rings (SSSR count). The molecule has 3 atom stereocenters. The Morgan fingerprint density at radius 3 is 2.20 bits per heavy atom. The Morgan fingerprint density at radius 2 is 1.51 bits per heavy atom. The van der Waals surface area contributed by atoms with E-state index >= 15 is 0 Å². The monoisotopic (exact) mass is 701 g/mol. The zero-order valence-electron chi connectivity index (χ0n) is 26.6. The Balaban J connectivity index is 1.29. The third kappa shape index (κ3) is 5.86. The first kappa shape index (κ1) is 32.8. The summed E-state index contributed by atoms with van der Waals surface area (Å²) in [7, 11) is 0. The average Bonchev–Trinajstić information content (AvgIpc) is 3.50. The van der Waals surface area contributed by atoms with Crippen molar-refractivity contribution in [3.8, 4) is 0 Å². The van der Waals surface area contributed by atoms with E-state index in [2.05, 4.69) is 26.1 Å². The lowest BCUT2D eigenvalue weighted by atomic mass is 9.81. The fourth-order valence-electron chi connectivity index (χ4n) is 6.56. The lowest BCUT2D eigenvalue weighted by Gasteiger charge is -2.31. The molecular weight excluding hydrogens is 672 g/mol. The molecular formula is C37H30F3N3O4S2. The number of nitrogens with one attached hydrogen (secondary N) is 1. The van der Waals surface area contributed by atoms with Crippen molar-refractivity contribution in [2.24, 2.45) is 5.92 Å². The molecule has 1 fully saturated rings. The van der Waals surface area contributed by atoms with Gasteiger partial charge in [0.15, 0.2) is 0 Å². The van der Waals surface area contributed by atoms with Gasteiger partial charge in [-0.15, -0.1) is 0 Å². The van der Waals surface area contributed by atoms with Crippen molar-refractivity contribution in [3.63, 3.8) is 0 Å². The number of fused-ring (bicyclic) bond motifs is 3. The Labute approximate surface area is 287 Å². The highest BCUT2D eigenvalue weighted by atomic mass is 32.2. The molecule has 0 unspecified atom stereocenters. The fraction of sp³-hybridized carbons (Fsp3) is 0.243. The van der Waals surface area contributed by atoms with Crippen molar-refractivity contribution in [3.05, 3.63) is 122 Å². The van der Waals surface area contributed by atoms with Crippen molar-refractivity contribution < 1.29 is 27.6 Å². The van der Waals surface area contributed by atoms with Crippen LogP contribution in [-0.2, 0) is 32.5 Å². The topological polar surface area (TPSA) is 88.5 Å². The number of nitrogens with zero attached hydrogens (tertiary/aromatic N) is 2. The van der Waals surface area contributed by atoms with Gasteiger partial charge in [0, 0.05) is 16.5 Å². The minimum absolute atomic E-state index is 0.182. The average molecular weight is 702 g/mol. The molecule has 2 aliphatic heterocycles. The zero-order chi connectivity index (χ0) is 34.8. The van der Waals surface area contributed by atoms with Gasteiger partial charge >= 0.3 is 11.0 Å². The Bertz CT molecular complexity index is 2200. The highest BCUT2D eigenvalue weighted by Crippen LogP contribution is 2.54. The number of para-hydroxylation sites is 1. The highest BCUT2D eigenvalue weighted by Gasteiger charge is 2.57. The van der Waals surface area contributed by atoms with Gasteiger partial charge in [-0.3, -0.25) is 23.7 Å². The van der Waals surface area contributed by atoms with Crippen molar-refractivity contribution in [1.29, 1.82) is 0 Å². The summed E-state index contributed by atoms with van der Waals surface area (Å²) in [5, 5.41) is 3.99. The van der Waals surface area contributed by atoms with Crippen LogP contribution in [0.2, 0.25) is 0 Å². The van der Waals surface area contributed by atoms with Gasteiger partial charge in [0.05, 0.1) is 22.2 Å². The molecule has 250 valence electrons. The van der Waals surface area contributed by atoms with Crippen molar-refractivity contribution in [1.82, 2.24) is 4.57 Å². The first-order valence-corrected chi connectivity index (χ1v) is 17.3. The number of thioether (sulfide) groups is 1. The van der Waals surface area contributed by atoms with Crippen LogP contribution in [0.1, 0.15) is 48.3 Å². The van der Waals surface area contributed by atoms with Crippen LogP contribution in [0.15, 0.2) is 101 Å². The summed E-state index contributed by atoms with van der Waals surface area (Å²) in [5.41, 5.74) is 0.398. The van der Waals surface area contributed by atoms with Crippen LogP contribution in [0.5, 0.6) is 0 Å². The molecule has 1 aromatic heterocycles. The molecule has 3 amide bonds. The summed E-state index contributed by atoms with van der Waals surface area (Å²) >= 11 is 1.84. The van der Waals surface area contributed by atoms with E-state index in [1.807, 2.05) is 60.7 Å². The summed E-state index contributed by atoms with van der Waals surface area (Å²) in [5.74, 6) is -3.93. The number of thiazole rings is 1. The molecule has 3 heterocycles. The predicted molar refractivity (Wildman–Crippen MR) is 185 cm³/mol. The van der Waals surface area contributed by atoms with Gasteiger partial charge in [0.25, 0.3) is 0 Å². The summed E-state index contributed by atoms with van der Waals surface area (Å²) in [4.78, 5) is 55.8. The lowest BCUT2D eigenvalue weighted by Crippen LogP contribution is -2.33. The summed E-state index contributed by atoms with van der Waals surface area (Å²) in [6.07, 6.45) is -4.81. The van der Waals surface area contributed by atoms with E-state index in [4.69, 9.17) is 0 Å². The Kier molecular flexibility index (Phi) is 8.06. The van der Waals surface area contributed by atoms with Crippen LogP contribution in [0.25, 0.3) is 10.8 Å². The second kappa shape index (κ2) is 12.0. The van der Waals surface area contributed by atoms with Crippen LogP contribution in [0, 0.1) is 5.92 Å². The predicted octanol–water partition coefficient (Wildman–Crippen LogP) is 7.81. The minimum Gasteiger partial charge on any atom is -0.325 e. The van der Waals surface area contributed by atoms with E-state index in [9.17, 15) is 32.3 Å². The van der Waals surface area contributed by atoms with E-state index in [0.717, 1.165) is 51.6 Å². The van der Waals surface area contributed by atoms with Gasteiger partial charge < -0.3 is 5.32 Å². The van der Waals surface area contributed by atoms with Gasteiger partial charge in [0.2, 0.25) is 17.7 Å². The molecule has 0 saturated carbocycles. The number of carbonyl (C=O) groups excluding carboxylic acids is 3. The Morgan fingerprint density at radius 1 is 0.837 bits per heavy atom. The number of carbonyl (C=O) groups is 3. The second-order valence-corrected chi connectivity index (χ2v) is 15.3. The van der Waals surface area contributed by atoms with Gasteiger partial charge in [0.1, 0.15) is 11.8 Å². The third-order valence-corrected chi connectivity index (χ3v) is 11.6. The van der Waals surface area contributed by atoms with Gasteiger partial charge in [-0.05, 0) is 51.6 Å². The first-order chi connectivity index (χ1) is 23.2. The summed E-state index contributed by atoms with van der Waals surface area (Å²) < 4.78 is 43.6. The molecule has 0 bridgehead atoms. The summed E-state index contributed by atoms with van der Waals surface area (Å²) in [6, 6.07) is 25.2. The van der Waals surface area contributed by atoms with E-state index < -0.39 is 57.1 Å². The van der Waals surface area contributed by atoms with Crippen LogP contribution in [0.4, 0.5) is 24.5 Å². The Hall–Kier alpha value is -4.68. The molecule has 4 aromatic carbocycles. The molecule has 2 aliphatic rings. The van der Waals surface area contributed by atoms with E-state index in [-0.39, 0.29) is 12.0 Å². The largest absolute Gasteiger partial charge is 0.418 e. The maximum absolute atomic E-state index is 14.2. The molecule has 7 nitrogen and oxygen atoms in total. The summed E-state index contributed by atoms with van der Waals surface area (Å²) in [6.45, 7) is 5.80. The molecule has 0 radical (unpaired) electrons. The van der Waals surface area contributed by atoms with Crippen LogP contribution in [0.3, 0.4) is 0 Å². The van der Waals surface area contributed by atoms with Crippen molar-refractivity contribution in [2.45, 2.75) is 55.1 Å². The van der Waals surface area contributed by atoms with Crippen LogP contribution in [-0.4, -0.2) is 27.5 Å². The first-order valence-electron chi connectivity index (χ1n) is 15.6. The standard InChI is InChI=1S/C37H30F3N3O4S2/c1-36(2,3)23-15-12-21(13-16-23)28-29-30(33(46)43(32(29)45)26-11-7-6-10-25(26)37(38,39)40)48-34-31(28)49-35(47)42(34)19-27(44)41-24-17-14-20-8-4-5-9-22(20)18-24/h4-18,28-30H,19H2,1-3H3,(H,41,44)/t28-,29-,30+/m0/s1. The van der Waals surface area contributed by atoms with Crippen LogP contribution >= 0.6 is 23.1 Å². The molecule has 0 aliphatic carbocycles. The van der Waals surface area contributed by atoms with E-state index in [0.29, 0.717) is 26.1 Å². The highest BCUT2D eigenvalue weighted by molar-refractivity contribution is 8.00. The number of aromatic nitrogens is 1. The second-order valence-electron chi connectivity index (χ2n) is 13.2. The third-order valence-electron chi connectivity index (χ3n) is 8.97. The number of hydrogen-bond donors (Lipinski definition) is 1. The lowest BCUT2D eigenvalue weighted by molar-refractivity contribution is -0.137. The normalized spacial score (nSPS) is 19.2. The van der Waals surface area contributed by atoms with Crippen molar-refractivity contribution >= 4 is 63.0 Å². The SMILES string of the molecule is CC(C)(C)c1ccc([C@@H]2c3sc(=O)n(CC(=O)Nc4ccc5ccccc5c4)c3S[C@H]3C(=O)N(c4ccccc4C(F)(F)F)C(=O)[C@@H]23)cc1. The molecule has 49 heavy (non-hydrogen) atoms. The number of benzene rings is 4. The van der Waals surface area contributed by atoms with Crippen LogP contribution < -0.4 is 15.1 Å². The van der Waals surface area contributed by atoms with Crippen molar-refractivity contribution in [2.75, 3.05) is 10.2 Å². The molecule has 12 heteroatoms. The maximum Gasteiger partial charge on any atom is 0.418 e. The molecule has 0 spiro atoms. The number of amides is 3. The number of halogens is 3. The van der Waals surface area contributed by atoms with E-state index in [1.54, 1.807) is 6.07 Å². The van der Waals surface area contributed by atoms with Gasteiger partial charge in [-0.1, -0.05) is 111 Å². The van der Waals surface area contributed by atoms with E-state index in [1.165, 1.54) is 16.7 Å². The quantitative estimate of drug-likeness (QED) is 0.189. The molecule has 1 N–H and O–H groups in total. The van der Waals surface area contributed by atoms with Gasteiger partial charge in [-0.25, -0.2) is 4.90 Å². The number of imide groups is 1.